The first-order valence-corrected chi connectivity index (χ1v) is 18.8. The van der Waals surface area contributed by atoms with E-state index in [-0.39, 0.29) is 25.6 Å². The summed E-state index contributed by atoms with van der Waals surface area (Å²) in [6.45, 7) is 4.35. The summed E-state index contributed by atoms with van der Waals surface area (Å²) in [5.74, 6) is -0.801. The second-order valence-electron chi connectivity index (χ2n) is 12.9. The maximum absolute atomic E-state index is 12.5. The van der Waals surface area contributed by atoms with Crippen LogP contribution in [-0.2, 0) is 32.7 Å². The highest BCUT2D eigenvalue weighted by atomic mass is 31.2. The molecule has 0 aromatic carbocycles. The molecule has 2 atom stereocenters. The van der Waals surface area contributed by atoms with Crippen molar-refractivity contribution in [3.8, 4) is 0 Å². The van der Waals surface area contributed by atoms with Gasteiger partial charge in [-0.15, -0.1) is 0 Å². The van der Waals surface area contributed by atoms with E-state index in [4.69, 9.17) is 18.5 Å². The summed E-state index contributed by atoms with van der Waals surface area (Å²) in [5, 5.41) is 0. The van der Waals surface area contributed by atoms with E-state index < -0.39 is 26.5 Å². The van der Waals surface area contributed by atoms with E-state index in [1.165, 1.54) is 77.0 Å². The number of hydrogen-bond acceptors (Lipinski definition) is 7. The molecular weight excluding hydrogens is 569 g/mol. The molecule has 9 nitrogen and oxygen atoms in total. The van der Waals surface area contributed by atoms with Gasteiger partial charge in [-0.2, -0.15) is 0 Å². The standard InChI is InChI=1S/C33H66NO8P/c1-6-8-10-12-14-15-16-17-18-20-21-23-25-32(35)39-29-31(30-41-43(37,38)40-28-27-34(3,4)5)42-33(36)26-24-22-19-13-11-9-7-2/h31H,6-30H2,1-5H3/p+1/t31-/m0/s1. The van der Waals surface area contributed by atoms with Crippen LogP contribution in [0.15, 0.2) is 0 Å². The number of unbranched alkanes of at least 4 members (excludes halogenated alkanes) is 17. The number of carbonyl (C=O) groups excluding carboxylic acids is 2. The van der Waals surface area contributed by atoms with Crippen molar-refractivity contribution < 1.29 is 42.1 Å². The zero-order valence-corrected chi connectivity index (χ0v) is 29.3. The molecule has 0 radical (unpaired) electrons. The third kappa shape index (κ3) is 30.8. The minimum Gasteiger partial charge on any atom is -0.462 e. The quantitative estimate of drug-likeness (QED) is 0.0349. The molecule has 0 bridgehead atoms. The molecule has 0 aromatic rings. The van der Waals surface area contributed by atoms with E-state index in [2.05, 4.69) is 13.8 Å². The van der Waals surface area contributed by atoms with Crippen LogP contribution in [0.5, 0.6) is 0 Å². The lowest BCUT2D eigenvalue weighted by Gasteiger charge is -2.24. The molecule has 0 rings (SSSR count). The molecule has 0 fully saturated rings. The first kappa shape index (κ1) is 42.0. The molecule has 0 aliphatic rings. The summed E-state index contributed by atoms with van der Waals surface area (Å²) in [6.07, 6.45) is 21.7. The molecule has 1 unspecified atom stereocenters. The van der Waals surface area contributed by atoms with Crippen molar-refractivity contribution in [1.82, 2.24) is 0 Å². The van der Waals surface area contributed by atoms with Crippen LogP contribution in [0.3, 0.4) is 0 Å². The predicted molar refractivity (Wildman–Crippen MR) is 174 cm³/mol. The minimum atomic E-state index is -4.35. The lowest BCUT2D eigenvalue weighted by Crippen LogP contribution is -2.37. The van der Waals surface area contributed by atoms with Crippen LogP contribution in [0.25, 0.3) is 0 Å². The molecule has 0 aliphatic carbocycles. The van der Waals surface area contributed by atoms with Crippen molar-refractivity contribution in [2.45, 2.75) is 155 Å². The van der Waals surface area contributed by atoms with Gasteiger partial charge in [-0.05, 0) is 12.8 Å². The van der Waals surface area contributed by atoms with Gasteiger partial charge in [0.15, 0.2) is 6.10 Å². The second-order valence-corrected chi connectivity index (χ2v) is 14.4. The summed E-state index contributed by atoms with van der Waals surface area (Å²) >= 11 is 0. The zero-order valence-electron chi connectivity index (χ0n) is 28.5. The van der Waals surface area contributed by atoms with E-state index in [0.29, 0.717) is 23.9 Å². The average Bonchev–Trinajstić information content (AvgIpc) is 2.93. The lowest BCUT2D eigenvalue weighted by molar-refractivity contribution is -0.870. The predicted octanol–water partition coefficient (Wildman–Crippen LogP) is 8.51. The van der Waals surface area contributed by atoms with Crippen LogP contribution in [-0.4, -0.2) is 74.9 Å². The van der Waals surface area contributed by atoms with Crippen LogP contribution in [0.2, 0.25) is 0 Å². The number of hydrogen-bond donors (Lipinski definition) is 1. The number of esters is 2. The Bertz CT molecular complexity index is 728. The Kier molecular flexibility index (Phi) is 26.7. The van der Waals surface area contributed by atoms with Crippen molar-refractivity contribution in [2.24, 2.45) is 0 Å². The maximum Gasteiger partial charge on any atom is 0.472 e. The summed E-state index contributed by atoms with van der Waals surface area (Å²) < 4.78 is 33.9. The van der Waals surface area contributed by atoms with Crippen molar-refractivity contribution in [3.63, 3.8) is 0 Å². The Morgan fingerprint density at radius 3 is 1.49 bits per heavy atom. The second kappa shape index (κ2) is 27.3. The summed E-state index contributed by atoms with van der Waals surface area (Å²) in [7, 11) is 1.48. The highest BCUT2D eigenvalue weighted by Gasteiger charge is 2.27. The SMILES string of the molecule is CCCCCCCCCCCCCCC(=O)OC[C@@H](COP(=O)(O)OCC[N+](C)(C)C)OC(=O)CCCCCCCCC. The van der Waals surface area contributed by atoms with Gasteiger partial charge in [-0.1, -0.05) is 123 Å². The van der Waals surface area contributed by atoms with Crippen molar-refractivity contribution in [3.05, 3.63) is 0 Å². The number of carbonyl (C=O) groups is 2. The Balaban J connectivity index is 4.42. The van der Waals surface area contributed by atoms with Gasteiger partial charge in [0.1, 0.15) is 19.8 Å². The van der Waals surface area contributed by atoms with Crippen LogP contribution in [0.1, 0.15) is 149 Å². The van der Waals surface area contributed by atoms with Gasteiger partial charge in [-0.3, -0.25) is 18.6 Å². The van der Waals surface area contributed by atoms with E-state index in [1.807, 2.05) is 21.1 Å². The summed E-state index contributed by atoms with van der Waals surface area (Å²) in [4.78, 5) is 34.9. The Hall–Kier alpha value is -0.990. The van der Waals surface area contributed by atoms with Crippen molar-refractivity contribution >= 4 is 19.8 Å². The number of ether oxygens (including phenoxy) is 2. The lowest BCUT2D eigenvalue weighted by atomic mass is 10.0. The van der Waals surface area contributed by atoms with Gasteiger partial charge < -0.3 is 18.9 Å². The minimum absolute atomic E-state index is 0.0357. The fourth-order valence-corrected chi connectivity index (χ4v) is 5.34. The number of phosphoric ester groups is 1. The maximum atomic E-state index is 12.5. The van der Waals surface area contributed by atoms with Gasteiger partial charge in [0.25, 0.3) is 0 Å². The number of likely N-dealkylation sites (N-methyl/N-ethyl adjacent to an activating group) is 1. The molecule has 0 saturated heterocycles. The van der Waals surface area contributed by atoms with Gasteiger partial charge in [-0.25, -0.2) is 4.57 Å². The van der Waals surface area contributed by atoms with Crippen molar-refractivity contribution in [1.29, 1.82) is 0 Å². The molecule has 1 N–H and O–H groups in total. The van der Waals surface area contributed by atoms with E-state index in [1.54, 1.807) is 0 Å². The monoisotopic (exact) mass is 636 g/mol. The Labute approximate surface area is 264 Å². The van der Waals surface area contributed by atoms with Gasteiger partial charge in [0.2, 0.25) is 0 Å². The van der Waals surface area contributed by atoms with E-state index in [0.717, 1.165) is 38.5 Å². The third-order valence-electron chi connectivity index (χ3n) is 7.39. The molecule has 43 heavy (non-hydrogen) atoms. The number of phosphoric acid groups is 1. The number of quaternary nitrogens is 1. The first-order chi connectivity index (χ1) is 20.5. The largest absolute Gasteiger partial charge is 0.472 e. The Morgan fingerprint density at radius 1 is 0.628 bits per heavy atom. The molecule has 0 aromatic heterocycles. The summed E-state index contributed by atoms with van der Waals surface area (Å²) in [6, 6.07) is 0. The molecular formula is C33H67NO8P+. The van der Waals surface area contributed by atoms with Crippen LogP contribution in [0.4, 0.5) is 0 Å². The molecule has 256 valence electrons. The fourth-order valence-electron chi connectivity index (χ4n) is 4.60. The molecule has 0 heterocycles. The van der Waals surface area contributed by atoms with Gasteiger partial charge >= 0.3 is 19.8 Å². The van der Waals surface area contributed by atoms with Crippen LogP contribution in [0, 0.1) is 0 Å². The molecule has 0 saturated carbocycles. The van der Waals surface area contributed by atoms with Gasteiger partial charge in [0, 0.05) is 12.8 Å². The molecule has 0 spiro atoms. The highest BCUT2D eigenvalue weighted by Crippen LogP contribution is 2.43. The number of rotatable bonds is 31. The molecule has 0 amide bonds. The van der Waals surface area contributed by atoms with E-state index in [9.17, 15) is 19.0 Å². The normalized spacial score (nSPS) is 13.9. The smallest absolute Gasteiger partial charge is 0.462 e. The topological polar surface area (TPSA) is 108 Å². The average molecular weight is 637 g/mol. The van der Waals surface area contributed by atoms with Crippen LogP contribution < -0.4 is 0 Å². The highest BCUT2D eigenvalue weighted by molar-refractivity contribution is 7.47. The number of nitrogens with zero attached hydrogens (tertiary/aromatic N) is 1. The van der Waals surface area contributed by atoms with Gasteiger partial charge in [0.05, 0.1) is 27.7 Å². The molecule has 10 heteroatoms. The van der Waals surface area contributed by atoms with Crippen LogP contribution >= 0.6 is 7.82 Å². The van der Waals surface area contributed by atoms with E-state index >= 15 is 0 Å². The summed E-state index contributed by atoms with van der Waals surface area (Å²) in [5.41, 5.74) is 0. The molecule has 0 aliphatic heterocycles. The Morgan fingerprint density at radius 2 is 1.05 bits per heavy atom. The third-order valence-corrected chi connectivity index (χ3v) is 8.37. The van der Waals surface area contributed by atoms with Crippen molar-refractivity contribution in [2.75, 3.05) is 47.5 Å². The zero-order chi connectivity index (χ0) is 32.2. The fraction of sp³-hybridized carbons (Fsp3) is 0.939. The first-order valence-electron chi connectivity index (χ1n) is 17.3.